The highest BCUT2D eigenvalue weighted by Gasteiger charge is 2.32. The van der Waals surface area contributed by atoms with Crippen molar-refractivity contribution in [3.8, 4) is 0 Å². The number of hydrogen-bond donors (Lipinski definition) is 1. The molecule has 1 amide bonds. The zero-order valence-electron chi connectivity index (χ0n) is 13.6. The fourth-order valence-corrected chi connectivity index (χ4v) is 3.35. The molecule has 0 radical (unpaired) electrons. The number of anilines is 2. The molecule has 25 heavy (non-hydrogen) atoms. The average molecular weight is 369 g/mol. The number of benzene rings is 1. The summed E-state index contributed by atoms with van der Waals surface area (Å²) in [6, 6.07) is 6.89. The summed E-state index contributed by atoms with van der Waals surface area (Å²) in [5.41, 5.74) is 0.0376. The van der Waals surface area contributed by atoms with Gasteiger partial charge in [-0.1, -0.05) is 6.07 Å². The number of carbonyl (C=O) groups is 1. The Bertz CT molecular complexity index is 738. The number of rotatable bonds is 3. The van der Waals surface area contributed by atoms with Crippen LogP contribution in [0.3, 0.4) is 0 Å². The van der Waals surface area contributed by atoms with Crippen molar-refractivity contribution in [1.82, 2.24) is 4.90 Å². The molecule has 4 nitrogen and oxygen atoms in total. The molecular formula is C17H18F3N3OS. The molecule has 1 fully saturated rings. The summed E-state index contributed by atoms with van der Waals surface area (Å²) < 4.78 is 39.2. The third kappa shape index (κ3) is 4.13. The normalized spacial score (nSPS) is 16.1. The van der Waals surface area contributed by atoms with Gasteiger partial charge in [-0.2, -0.15) is 13.2 Å². The second kappa shape index (κ2) is 7.05. The second-order valence-electron chi connectivity index (χ2n) is 5.95. The summed E-state index contributed by atoms with van der Waals surface area (Å²) in [4.78, 5) is 16.9. The first kappa shape index (κ1) is 17.8. The van der Waals surface area contributed by atoms with Crippen LogP contribution in [-0.2, 0) is 6.18 Å². The number of halogens is 3. The molecule has 8 heteroatoms. The number of nitrogens with zero attached hydrogens (tertiary/aromatic N) is 2. The molecule has 1 saturated heterocycles. The van der Waals surface area contributed by atoms with Crippen LogP contribution in [0.15, 0.2) is 35.7 Å². The van der Waals surface area contributed by atoms with Gasteiger partial charge in [0.2, 0.25) is 0 Å². The third-order valence-electron chi connectivity index (χ3n) is 4.16. The van der Waals surface area contributed by atoms with Gasteiger partial charge in [0.15, 0.2) is 0 Å². The van der Waals surface area contributed by atoms with E-state index in [1.165, 1.54) is 17.4 Å². The Hall–Kier alpha value is -2.06. The minimum atomic E-state index is -4.46. The van der Waals surface area contributed by atoms with Gasteiger partial charge in [0.05, 0.1) is 21.8 Å². The fraction of sp³-hybridized carbons (Fsp3) is 0.353. The minimum absolute atomic E-state index is 0.192. The quantitative estimate of drug-likeness (QED) is 0.895. The first-order chi connectivity index (χ1) is 11.8. The monoisotopic (exact) mass is 369 g/mol. The van der Waals surface area contributed by atoms with Crippen molar-refractivity contribution >= 4 is 28.6 Å². The van der Waals surface area contributed by atoms with E-state index in [9.17, 15) is 18.0 Å². The Labute approximate surface area is 147 Å². The van der Waals surface area contributed by atoms with E-state index >= 15 is 0 Å². The minimum Gasteiger partial charge on any atom is -0.367 e. The molecule has 0 spiro atoms. The van der Waals surface area contributed by atoms with Crippen LogP contribution in [0.25, 0.3) is 0 Å². The standard InChI is InChI=1S/C17H18F3N3OS/c1-22-6-8-23(9-7-22)14-5-4-12(17(18,19)20)11-13(14)21-16(24)15-3-2-10-25-15/h2-5,10-11H,6-9H2,1H3,(H,21,24). The molecule has 1 aliphatic rings. The lowest BCUT2D eigenvalue weighted by atomic mass is 10.1. The molecule has 1 N–H and O–H groups in total. The smallest absolute Gasteiger partial charge is 0.367 e. The molecule has 2 aromatic rings. The summed E-state index contributed by atoms with van der Waals surface area (Å²) in [7, 11) is 2.00. The molecule has 1 aromatic carbocycles. The number of hydrogen-bond acceptors (Lipinski definition) is 4. The van der Waals surface area contributed by atoms with Gasteiger partial charge >= 0.3 is 6.18 Å². The van der Waals surface area contributed by atoms with E-state index in [4.69, 9.17) is 0 Å². The van der Waals surface area contributed by atoms with E-state index in [-0.39, 0.29) is 5.69 Å². The molecule has 0 saturated carbocycles. The number of alkyl halides is 3. The van der Waals surface area contributed by atoms with Gasteiger partial charge in [0.25, 0.3) is 5.91 Å². The predicted octanol–water partition coefficient (Wildman–Crippen LogP) is 3.77. The number of likely N-dealkylation sites (N-methyl/N-ethyl adjacent to an activating group) is 1. The van der Waals surface area contributed by atoms with Crippen molar-refractivity contribution in [2.45, 2.75) is 6.18 Å². The molecule has 1 aromatic heterocycles. The van der Waals surface area contributed by atoms with Crippen LogP contribution in [0.4, 0.5) is 24.5 Å². The second-order valence-corrected chi connectivity index (χ2v) is 6.90. The van der Waals surface area contributed by atoms with Gasteiger partial charge in [0, 0.05) is 26.2 Å². The highest BCUT2D eigenvalue weighted by Crippen LogP contribution is 2.36. The van der Waals surface area contributed by atoms with Gasteiger partial charge in [-0.05, 0) is 36.7 Å². The van der Waals surface area contributed by atoms with Crippen molar-refractivity contribution in [1.29, 1.82) is 0 Å². The van der Waals surface area contributed by atoms with Gasteiger partial charge in [0.1, 0.15) is 0 Å². The molecule has 0 atom stereocenters. The Balaban J connectivity index is 1.92. The number of carbonyl (C=O) groups excluding carboxylic acids is 1. The highest BCUT2D eigenvalue weighted by atomic mass is 32.1. The zero-order chi connectivity index (χ0) is 18.0. The van der Waals surface area contributed by atoms with Crippen molar-refractivity contribution < 1.29 is 18.0 Å². The molecule has 0 bridgehead atoms. The van der Waals surface area contributed by atoms with Crippen LogP contribution >= 0.6 is 11.3 Å². The molecular weight excluding hydrogens is 351 g/mol. The summed E-state index contributed by atoms with van der Waals surface area (Å²) in [6.45, 7) is 3.03. The molecule has 1 aliphatic heterocycles. The van der Waals surface area contributed by atoms with E-state index in [1.54, 1.807) is 17.5 Å². The summed E-state index contributed by atoms with van der Waals surface area (Å²) in [5.74, 6) is -0.398. The highest BCUT2D eigenvalue weighted by molar-refractivity contribution is 7.12. The van der Waals surface area contributed by atoms with Gasteiger partial charge in [-0.25, -0.2) is 0 Å². The largest absolute Gasteiger partial charge is 0.416 e. The maximum absolute atomic E-state index is 13.1. The zero-order valence-corrected chi connectivity index (χ0v) is 14.5. The lowest BCUT2D eigenvalue weighted by Crippen LogP contribution is -2.44. The lowest BCUT2D eigenvalue weighted by molar-refractivity contribution is -0.137. The van der Waals surface area contributed by atoms with E-state index in [0.29, 0.717) is 23.7 Å². The van der Waals surface area contributed by atoms with Gasteiger partial charge < -0.3 is 15.1 Å². The van der Waals surface area contributed by atoms with Crippen molar-refractivity contribution in [3.05, 3.63) is 46.2 Å². The molecule has 2 heterocycles. The maximum atomic E-state index is 13.1. The van der Waals surface area contributed by atoms with E-state index in [2.05, 4.69) is 10.2 Å². The van der Waals surface area contributed by atoms with Crippen LogP contribution < -0.4 is 10.2 Å². The van der Waals surface area contributed by atoms with Crippen LogP contribution in [0.1, 0.15) is 15.2 Å². The Morgan fingerprint density at radius 1 is 1.16 bits per heavy atom. The first-order valence-electron chi connectivity index (χ1n) is 7.84. The van der Waals surface area contributed by atoms with Crippen LogP contribution in [0.2, 0.25) is 0 Å². The molecule has 0 aliphatic carbocycles. The summed E-state index contributed by atoms with van der Waals surface area (Å²) in [5, 5.41) is 4.40. The SMILES string of the molecule is CN1CCN(c2ccc(C(F)(F)F)cc2NC(=O)c2cccs2)CC1. The molecule has 3 rings (SSSR count). The van der Waals surface area contributed by atoms with Crippen LogP contribution in [0.5, 0.6) is 0 Å². The number of piperazine rings is 1. The first-order valence-corrected chi connectivity index (χ1v) is 8.72. The maximum Gasteiger partial charge on any atom is 0.416 e. The van der Waals surface area contributed by atoms with Crippen molar-refractivity contribution in [2.24, 2.45) is 0 Å². The number of amides is 1. The summed E-state index contributed by atoms with van der Waals surface area (Å²) in [6.07, 6.45) is -4.46. The van der Waals surface area contributed by atoms with E-state index < -0.39 is 17.6 Å². The van der Waals surface area contributed by atoms with Crippen LogP contribution in [0, 0.1) is 0 Å². The Morgan fingerprint density at radius 2 is 1.88 bits per heavy atom. The predicted molar refractivity (Wildman–Crippen MR) is 93.4 cm³/mol. The third-order valence-corrected chi connectivity index (χ3v) is 5.03. The number of nitrogens with one attached hydrogen (secondary N) is 1. The van der Waals surface area contributed by atoms with Gasteiger partial charge in [-0.3, -0.25) is 4.79 Å². The molecule has 0 unspecified atom stereocenters. The van der Waals surface area contributed by atoms with Crippen LogP contribution in [-0.4, -0.2) is 44.0 Å². The Kier molecular flexibility index (Phi) is 5.01. The average Bonchev–Trinajstić information content (AvgIpc) is 3.09. The van der Waals surface area contributed by atoms with Gasteiger partial charge in [-0.15, -0.1) is 11.3 Å². The summed E-state index contributed by atoms with van der Waals surface area (Å²) >= 11 is 1.25. The van der Waals surface area contributed by atoms with E-state index in [0.717, 1.165) is 25.2 Å². The number of thiophene rings is 1. The topological polar surface area (TPSA) is 35.6 Å². The lowest BCUT2D eigenvalue weighted by Gasteiger charge is -2.35. The van der Waals surface area contributed by atoms with Crippen molar-refractivity contribution in [2.75, 3.05) is 43.4 Å². The fourth-order valence-electron chi connectivity index (χ4n) is 2.73. The van der Waals surface area contributed by atoms with Crippen molar-refractivity contribution in [3.63, 3.8) is 0 Å². The Morgan fingerprint density at radius 3 is 2.48 bits per heavy atom. The molecule has 134 valence electrons. The van der Waals surface area contributed by atoms with E-state index in [1.807, 2.05) is 11.9 Å².